The molecule has 2 heterocycles. The van der Waals surface area contributed by atoms with Crippen molar-refractivity contribution in [3.05, 3.63) is 60.2 Å². The maximum Gasteiger partial charge on any atom is 0.320 e. The van der Waals surface area contributed by atoms with Gasteiger partial charge in [-0.1, -0.05) is 42.5 Å². The van der Waals surface area contributed by atoms with Crippen molar-refractivity contribution in [3.8, 4) is 5.75 Å². The molecule has 0 spiro atoms. The topological polar surface area (TPSA) is 83.5 Å². The van der Waals surface area contributed by atoms with Gasteiger partial charge in [0.05, 0.1) is 19.9 Å². The molecule has 2 aromatic carbocycles. The Morgan fingerprint density at radius 2 is 1.61 bits per heavy atom. The third kappa shape index (κ3) is 4.19. The number of methoxy groups -OCH3 is 2. The van der Waals surface area contributed by atoms with E-state index in [-0.39, 0.29) is 0 Å². The standard InChI is InChI=1S/C23H26N4O4/c1-30-18-11-7-6-10-17(18)26-12-14-27(15-13-26)23-24-20(16-8-4-3-5-9-16)19(21(28)25-23)22(29)31-2/h3-11,19-20H,12-15H2,1-2H3,(H,24,25,28). The summed E-state index contributed by atoms with van der Waals surface area (Å²) in [7, 11) is 2.96. The smallest absolute Gasteiger partial charge is 0.320 e. The lowest BCUT2D eigenvalue weighted by Crippen LogP contribution is -2.57. The highest BCUT2D eigenvalue weighted by Crippen LogP contribution is 2.32. The highest BCUT2D eigenvalue weighted by atomic mass is 16.5. The molecule has 1 fully saturated rings. The second-order valence-corrected chi connectivity index (χ2v) is 7.44. The predicted molar refractivity (Wildman–Crippen MR) is 117 cm³/mol. The van der Waals surface area contributed by atoms with Crippen LogP contribution in [-0.4, -0.2) is 63.1 Å². The van der Waals surface area contributed by atoms with Crippen LogP contribution in [0, 0.1) is 5.92 Å². The van der Waals surface area contributed by atoms with E-state index in [0.29, 0.717) is 19.0 Å². The maximum absolute atomic E-state index is 12.9. The van der Waals surface area contributed by atoms with Gasteiger partial charge in [-0.25, -0.2) is 4.99 Å². The maximum atomic E-state index is 12.9. The van der Waals surface area contributed by atoms with Crippen LogP contribution in [0.1, 0.15) is 11.6 Å². The molecule has 162 valence electrons. The van der Waals surface area contributed by atoms with Crippen LogP contribution in [-0.2, 0) is 14.3 Å². The molecular weight excluding hydrogens is 396 g/mol. The molecule has 2 aliphatic rings. The number of esters is 1. The van der Waals surface area contributed by atoms with Crippen LogP contribution in [0.3, 0.4) is 0 Å². The zero-order valence-corrected chi connectivity index (χ0v) is 17.7. The molecule has 2 aromatic rings. The molecule has 2 atom stereocenters. The van der Waals surface area contributed by atoms with Crippen molar-refractivity contribution in [1.29, 1.82) is 0 Å². The Labute approximate surface area is 181 Å². The number of para-hydroxylation sites is 2. The molecule has 2 unspecified atom stereocenters. The quantitative estimate of drug-likeness (QED) is 0.598. The highest BCUT2D eigenvalue weighted by Gasteiger charge is 2.42. The number of hydrogen-bond donors (Lipinski definition) is 1. The zero-order valence-electron chi connectivity index (χ0n) is 17.7. The van der Waals surface area contributed by atoms with Crippen molar-refractivity contribution in [2.75, 3.05) is 45.3 Å². The van der Waals surface area contributed by atoms with Gasteiger partial charge in [0.2, 0.25) is 11.9 Å². The molecule has 1 amide bonds. The number of hydrogen-bond acceptors (Lipinski definition) is 7. The number of ether oxygens (including phenoxy) is 2. The van der Waals surface area contributed by atoms with Gasteiger partial charge in [-0.05, 0) is 17.7 Å². The number of aliphatic imine (C=N–C) groups is 1. The Hall–Kier alpha value is -3.55. The van der Waals surface area contributed by atoms with Gasteiger partial charge in [0.15, 0.2) is 5.92 Å². The molecule has 1 saturated heterocycles. The fraction of sp³-hybridized carbons (Fsp3) is 0.348. The lowest BCUT2D eigenvalue weighted by Gasteiger charge is -2.40. The molecule has 2 aliphatic heterocycles. The first-order valence-corrected chi connectivity index (χ1v) is 10.3. The summed E-state index contributed by atoms with van der Waals surface area (Å²) in [5.74, 6) is -0.651. The second-order valence-electron chi connectivity index (χ2n) is 7.44. The van der Waals surface area contributed by atoms with Gasteiger partial charge < -0.3 is 19.3 Å². The number of rotatable bonds is 4. The summed E-state index contributed by atoms with van der Waals surface area (Å²) in [6.45, 7) is 2.88. The average Bonchev–Trinajstić information content (AvgIpc) is 2.83. The summed E-state index contributed by atoms with van der Waals surface area (Å²) >= 11 is 0. The SMILES string of the molecule is COC(=O)C1C(=O)NC(N2CCN(c3ccccc3OC)CC2)=NC1c1ccccc1. The van der Waals surface area contributed by atoms with Gasteiger partial charge in [-0.3, -0.25) is 14.9 Å². The fourth-order valence-electron chi connectivity index (χ4n) is 4.06. The Kier molecular flexibility index (Phi) is 6.06. The Balaban J connectivity index is 1.55. The average molecular weight is 422 g/mol. The minimum absolute atomic E-state index is 0.391. The van der Waals surface area contributed by atoms with Crippen LogP contribution < -0.4 is 15.0 Å². The van der Waals surface area contributed by atoms with E-state index in [2.05, 4.69) is 10.2 Å². The van der Waals surface area contributed by atoms with E-state index in [1.54, 1.807) is 7.11 Å². The molecule has 0 aliphatic carbocycles. The Morgan fingerprint density at radius 3 is 2.29 bits per heavy atom. The number of carbonyl (C=O) groups excluding carboxylic acids is 2. The van der Waals surface area contributed by atoms with Gasteiger partial charge in [-0.2, -0.15) is 0 Å². The number of carbonyl (C=O) groups is 2. The van der Waals surface area contributed by atoms with Crippen LogP contribution in [0.4, 0.5) is 5.69 Å². The van der Waals surface area contributed by atoms with Crippen molar-refractivity contribution in [1.82, 2.24) is 10.2 Å². The minimum atomic E-state index is -1.01. The third-order valence-electron chi connectivity index (χ3n) is 5.70. The summed E-state index contributed by atoms with van der Waals surface area (Å²) in [6.07, 6.45) is 0. The van der Waals surface area contributed by atoms with Crippen molar-refractivity contribution in [3.63, 3.8) is 0 Å². The number of piperazine rings is 1. The number of nitrogens with one attached hydrogen (secondary N) is 1. The van der Waals surface area contributed by atoms with Gasteiger partial charge in [0.25, 0.3) is 0 Å². The van der Waals surface area contributed by atoms with E-state index in [9.17, 15) is 9.59 Å². The van der Waals surface area contributed by atoms with Crippen LogP contribution >= 0.6 is 0 Å². The molecule has 31 heavy (non-hydrogen) atoms. The second kappa shape index (κ2) is 9.07. The van der Waals surface area contributed by atoms with Crippen molar-refractivity contribution in [2.24, 2.45) is 10.9 Å². The first-order chi connectivity index (χ1) is 15.1. The molecule has 0 bridgehead atoms. The van der Waals surface area contributed by atoms with Crippen LogP contribution in [0.2, 0.25) is 0 Å². The Bertz CT molecular complexity index is 971. The summed E-state index contributed by atoms with van der Waals surface area (Å²) in [6, 6.07) is 16.7. The molecule has 0 aromatic heterocycles. The van der Waals surface area contributed by atoms with Crippen molar-refractivity contribution >= 4 is 23.5 Å². The van der Waals surface area contributed by atoms with E-state index in [0.717, 1.165) is 30.1 Å². The lowest BCUT2D eigenvalue weighted by molar-refractivity contribution is -0.151. The van der Waals surface area contributed by atoms with E-state index < -0.39 is 23.8 Å². The molecule has 8 heteroatoms. The van der Waals surface area contributed by atoms with E-state index in [1.807, 2.05) is 59.5 Å². The zero-order chi connectivity index (χ0) is 21.8. The van der Waals surface area contributed by atoms with Gasteiger partial charge in [-0.15, -0.1) is 0 Å². The highest BCUT2D eigenvalue weighted by molar-refractivity contribution is 6.08. The monoisotopic (exact) mass is 422 g/mol. The molecule has 0 saturated carbocycles. The fourth-order valence-corrected chi connectivity index (χ4v) is 4.06. The largest absolute Gasteiger partial charge is 0.495 e. The molecular formula is C23H26N4O4. The predicted octanol–water partition coefficient (Wildman–Crippen LogP) is 1.83. The van der Waals surface area contributed by atoms with Crippen molar-refractivity contribution in [2.45, 2.75) is 6.04 Å². The van der Waals surface area contributed by atoms with Gasteiger partial charge in [0, 0.05) is 26.2 Å². The molecule has 1 N–H and O–H groups in total. The van der Waals surface area contributed by atoms with Crippen LogP contribution in [0.25, 0.3) is 0 Å². The molecule has 4 rings (SSSR count). The third-order valence-corrected chi connectivity index (χ3v) is 5.70. The summed E-state index contributed by atoms with van der Waals surface area (Å²) in [5.41, 5.74) is 1.85. The number of anilines is 1. The summed E-state index contributed by atoms with van der Waals surface area (Å²) in [5, 5.41) is 2.82. The van der Waals surface area contributed by atoms with E-state index in [4.69, 9.17) is 14.5 Å². The van der Waals surface area contributed by atoms with Crippen molar-refractivity contribution < 1.29 is 19.1 Å². The van der Waals surface area contributed by atoms with Crippen LogP contribution in [0.5, 0.6) is 5.75 Å². The molecule has 8 nitrogen and oxygen atoms in total. The number of guanidine groups is 1. The minimum Gasteiger partial charge on any atom is -0.495 e. The summed E-state index contributed by atoms with van der Waals surface area (Å²) in [4.78, 5) is 34.3. The normalized spacial score (nSPS) is 21.2. The molecule has 0 radical (unpaired) electrons. The first-order valence-electron chi connectivity index (χ1n) is 10.3. The first kappa shape index (κ1) is 20.7. The van der Waals surface area contributed by atoms with Crippen LogP contribution in [0.15, 0.2) is 59.6 Å². The van der Waals surface area contributed by atoms with Gasteiger partial charge >= 0.3 is 5.97 Å². The lowest BCUT2D eigenvalue weighted by atomic mass is 9.91. The van der Waals surface area contributed by atoms with Gasteiger partial charge in [0.1, 0.15) is 11.8 Å². The number of nitrogens with zero attached hydrogens (tertiary/aromatic N) is 3. The van der Waals surface area contributed by atoms with E-state index in [1.165, 1.54) is 7.11 Å². The number of amides is 1. The van der Waals surface area contributed by atoms with E-state index >= 15 is 0 Å². The number of benzene rings is 2. The summed E-state index contributed by atoms with van der Waals surface area (Å²) < 4.78 is 10.4. The Morgan fingerprint density at radius 1 is 0.968 bits per heavy atom.